The van der Waals surface area contributed by atoms with Gasteiger partial charge in [0.1, 0.15) is 6.42 Å². The Bertz CT molecular complexity index is 465. The lowest BCUT2D eigenvalue weighted by Gasteiger charge is -2.33. The molecule has 0 bridgehead atoms. The lowest BCUT2D eigenvalue weighted by Crippen LogP contribution is -2.30. The maximum atomic E-state index is 10.8. The molecule has 0 amide bonds. The molecule has 2 N–H and O–H groups in total. The van der Waals surface area contributed by atoms with Crippen molar-refractivity contribution in [1.29, 1.82) is 0 Å². The molecule has 6 heteroatoms. The SMILES string of the molecule is O=C(O)Cc1nc2n(n1)C(C1CCCCC1)CCN2. The summed E-state index contributed by atoms with van der Waals surface area (Å²) in [6.07, 6.45) is 7.44. The molecule has 0 spiro atoms. The highest BCUT2D eigenvalue weighted by molar-refractivity contribution is 5.69. The van der Waals surface area contributed by atoms with E-state index in [0.717, 1.165) is 18.9 Å². The van der Waals surface area contributed by atoms with E-state index < -0.39 is 5.97 Å². The van der Waals surface area contributed by atoms with E-state index in [1.54, 1.807) is 0 Å². The molecule has 3 rings (SSSR count). The van der Waals surface area contributed by atoms with Gasteiger partial charge in [-0.25, -0.2) is 4.68 Å². The standard InChI is InChI=1S/C13H20N4O2/c18-12(19)8-11-15-13-14-7-6-10(17(13)16-11)9-4-2-1-3-5-9/h9-10H,1-8H2,(H,18,19)(H,14,15,16). The van der Waals surface area contributed by atoms with Crippen LogP contribution in [0.25, 0.3) is 0 Å². The van der Waals surface area contributed by atoms with Crippen LogP contribution in [-0.2, 0) is 11.2 Å². The van der Waals surface area contributed by atoms with Crippen LogP contribution in [0, 0.1) is 5.92 Å². The highest BCUT2D eigenvalue weighted by Gasteiger charge is 2.30. The van der Waals surface area contributed by atoms with Crippen LogP contribution in [0.2, 0.25) is 0 Å². The molecule has 104 valence electrons. The smallest absolute Gasteiger partial charge is 0.311 e. The second kappa shape index (κ2) is 5.19. The summed E-state index contributed by atoms with van der Waals surface area (Å²) in [5.74, 6) is 0.960. The van der Waals surface area contributed by atoms with Crippen molar-refractivity contribution in [3.8, 4) is 0 Å². The van der Waals surface area contributed by atoms with E-state index in [2.05, 4.69) is 15.4 Å². The number of aliphatic carboxylic acids is 1. The van der Waals surface area contributed by atoms with Gasteiger partial charge in [-0.1, -0.05) is 19.3 Å². The minimum Gasteiger partial charge on any atom is -0.481 e. The molecule has 0 aromatic carbocycles. The van der Waals surface area contributed by atoms with Gasteiger partial charge in [0.15, 0.2) is 5.82 Å². The van der Waals surface area contributed by atoms with Crippen molar-refractivity contribution in [2.75, 3.05) is 11.9 Å². The molecule has 1 fully saturated rings. The van der Waals surface area contributed by atoms with Crippen LogP contribution in [0.4, 0.5) is 5.95 Å². The lowest BCUT2D eigenvalue weighted by atomic mass is 9.82. The van der Waals surface area contributed by atoms with Crippen molar-refractivity contribution < 1.29 is 9.90 Å². The minimum absolute atomic E-state index is 0.0981. The Morgan fingerprint density at radius 1 is 1.32 bits per heavy atom. The quantitative estimate of drug-likeness (QED) is 0.870. The van der Waals surface area contributed by atoms with Crippen LogP contribution in [0.3, 0.4) is 0 Å². The monoisotopic (exact) mass is 264 g/mol. The van der Waals surface area contributed by atoms with E-state index in [-0.39, 0.29) is 6.42 Å². The van der Waals surface area contributed by atoms with Crippen molar-refractivity contribution in [2.45, 2.75) is 51.0 Å². The number of carbonyl (C=O) groups is 1. The first-order valence-corrected chi connectivity index (χ1v) is 7.15. The molecule has 0 radical (unpaired) electrons. The normalized spacial score (nSPS) is 23.7. The lowest BCUT2D eigenvalue weighted by molar-refractivity contribution is -0.136. The molecule has 1 aliphatic heterocycles. The number of nitrogens with one attached hydrogen (secondary N) is 1. The Labute approximate surface area is 112 Å². The fourth-order valence-electron chi connectivity index (χ4n) is 3.34. The van der Waals surface area contributed by atoms with Crippen LogP contribution in [0.15, 0.2) is 0 Å². The summed E-state index contributed by atoms with van der Waals surface area (Å²) in [5, 5.41) is 16.5. The molecule has 6 nitrogen and oxygen atoms in total. The molecular formula is C13H20N4O2. The van der Waals surface area contributed by atoms with Crippen LogP contribution in [-0.4, -0.2) is 32.4 Å². The summed E-state index contributed by atoms with van der Waals surface area (Å²) < 4.78 is 1.94. The Morgan fingerprint density at radius 3 is 2.84 bits per heavy atom. The van der Waals surface area contributed by atoms with Crippen LogP contribution in [0.5, 0.6) is 0 Å². The summed E-state index contributed by atoms with van der Waals surface area (Å²) in [6, 6.07) is 0.395. The Morgan fingerprint density at radius 2 is 2.11 bits per heavy atom. The third-order valence-electron chi connectivity index (χ3n) is 4.22. The Balaban J connectivity index is 1.82. The van der Waals surface area contributed by atoms with Crippen molar-refractivity contribution in [2.24, 2.45) is 5.92 Å². The third kappa shape index (κ3) is 2.57. The summed E-state index contributed by atoms with van der Waals surface area (Å²) in [5.41, 5.74) is 0. The van der Waals surface area contributed by atoms with Crippen molar-refractivity contribution >= 4 is 11.9 Å². The van der Waals surface area contributed by atoms with E-state index in [9.17, 15) is 4.79 Å². The van der Waals surface area contributed by atoms with Gasteiger partial charge in [0, 0.05) is 6.54 Å². The summed E-state index contributed by atoms with van der Waals surface area (Å²) in [4.78, 5) is 15.1. The van der Waals surface area contributed by atoms with Gasteiger partial charge < -0.3 is 10.4 Å². The number of anilines is 1. The molecule has 0 saturated heterocycles. The van der Waals surface area contributed by atoms with Gasteiger partial charge in [-0.2, -0.15) is 10.1 Å². The molecule has 2 heterocycles. The average Bonchev–Trinajstić information content (AvgIpc) is 2.80. The average molecular weight is 264 g/mol. The number of carboxylic acids is 1. The van der Waals surface area contributed by atoms with Gasteiger partial charge in [-0.3, -0.25) is 4.79 Å². The molecular weight excluding hydrogens is 244 g/mol. The van der Waals surface area contributed by atoms with Crippen molar-refractivity contribution in [3.63, 3.8) is 0 Å². The second-order valence-corrected chi connectivity index (χ2v) is 5.55. The zero-order chi connectivity index (χ0) is 13.2. The molecule has 1 aliphatic carbocycles. The molecule has 1 atom stereocenters. The van der Waals surface area contributed by atoms with Gasteiger partial charge in [0.2, 0.25) is 5.95 Å². The number of nitrogens with zero attached hydrogens (tertiary/aromatic N) is 3. The fraction of sp³-hybridized carbons (Fsp3) is 0.769. The number of hydrogen-bond donors (Lipinski definition) is 2. The fourth-order valence-corrected chi connectivity index (χ4v) is 3.34. The van der Waals surface area contributed by atoms with Gasteiger partial charge in [-0.05, 0) is 25.2 Å². The maximum absolute atomic E-state index is 10.8. The van der Waals surface area contributed by atoms with E-state index in [0.29, 0.717) is 17.8 Å². The zero-order valence-corrected chi connectivity index (χ0v) is 11.0. The largest absolute Gasteiger partial charge is 0.481 e. The molecule has 1 saturated carbocycles. The molecule has 1 aromatic rings. The van der Waals surface area contributed by atoms with Gasteiger partial charge in [0.05, 0.1) is 6.04 Å². The summed E-state index contributed by atoms with van der Waals surface area (Å²) in [7, 11) is 0. The van der Waals surface area contributed by atoms with Gasteiger partial charge in [0.25, 0.3) is 0 Å². The van der Waals surface area contributed by atoms with Crippen LogP contribution in [0.1, 0.15) is 50.4 Å². The van der Waals surface area contributed by atoms with Crippen LogP contribution >= 0.6 is 0 Å². The summed E-state index contributed by atoms with van der Waals surface area (Å²) in [6.45, 7) is 0.909. The number of fused-ring (bicyclic) bond motifs is 1. The van der Waals surface area contributed by atoms with E-state index in [1.807, 2.05) is 4.68 Å². The van der Waals surface area contributed by atoms with E-state index >= 15 is 0 Å². The Hall–Kier alpha value is -1.59. The highest BCUT2D eigenvalue weighted by Crippen LogP contribution is 2.37. The molecule has 2 aliphatic rings. The summed E-state index contributed by atoms with van der Waals surface area (Å²) >= 11 is 0. The number of aromatic nitrogens is 3. The first-order chi connectivity index (χ1) is 9.24. The van der Waals surface area contributed by atoms with Gasteiger partial charge in [-0.15, -0.1) is 0 Å². The first-order valence-electron chi connectivity index (χ1n) is 7.15. The zero-order valence-electron chi connectivity index (χ0n) is 11.0. The van der Waals surface area contributed by atoms with Crippen molar-refractivity contribution in [3.05, 3.63) is 5.82 Å². The first kappa shape index (κ1) is 12.4. The van der Waals surface area contributed by atoms with Gasteiger partial charge >= 0.3 is 5.97 Å². The third-order valence-corrected chi connectivity index (χ3v) is 4.22. The minimum atomic E-state index is -0.878. The molecule has 1 aromatic heterocycles. The predicted molar refractivity (Wildman–Crippen MR) is 70.1 cm³/mol. The van der Waals surface area contributed by atoms with E-state index in [4.69, 9.17) is 5.11 Å². The molecule has 19 heavy (non-hydrogen) atoms. The topological polar surface area (TPSA) is 80.0 Å². The van der Waals surface area contributed by atoms with Crippen molar-refractivity contribution in [1.82, 2.24) is 14.8 Å². The van der Waals surface area contributed by atoms with E-state index in [1.165, 1.54) is 32.1 Å². The number of carboxylic acid groups (broad SMARTS) is 1. The highest BCUT2D eigenvalue weighted by atomic mass is 16.4. The number of hydrogen-bond acceptors (Lipinski definition) is 4. The molecule has 1 unspecified atom stereocenters. The predicted octanol–water partition coefficient (Wildman–Crippen LogP) is 1.84. The second-order valence-electron chi connectivity index (χ2n) is 5.55. The Kier molecular flexibility index (Phi) is 3.40. The number of rotatable bonds is 3. The maximum Gasteiger partial charge on any atom is 0.311 e. The van der Waals surface area contributed by atoms with Crippen LogP contribution < -0.4 is 5.32 Å².